The van der Waals surface area contributed by atoms with Crippen molar-refractivity contribution in [2.45, 2.75) is 86.0 Å². The third kappa shape index (κ3) is 13.6. The number of rotatable bonds is 11. The van der Waals surface area contributed by atoms with Gasteiger partial charge in [0.2, 0.25) is 0 Å². The Bertz CT molecular complexity index is 263. The molecule has 0 saturated carbocycles. The molecule has 0 bridgehead atoms. The first kappa shape index (κ1) is 18.4. The molecule has 1 unspecified atom stereocenters. The zero-order valence-electron chi connectivity index (χ0n) is 13.8. The Morgan fingerprint density at radius 2 is 1.63 bits per heavy atom. The summed E-state index contributed by atoms with van der Waals surface area (Å²) in [6.07, 6.45) is 11.8. The predicted octanol–water partition coefficient (Wildman–Crippen LogP) is 5.93. The van der Waals surface area contributed by atoms with E-state index in [1.807, 2.05) is 0 Å². The van der Waals surface area contributed by atoms with E-state index in [-0.39, 0.29) is 0 Å². The molecule has 19 heavy (non-hydrogen) atoms. The van der Waals surface area contributed by atoms with Crippen LogP contribution < -0.4 is 0 Å². The number of carbonyl (C=O) groups is 1. The lowest BCUT2D eigenvalue weighted by Gasteiger charge is -2.11. The first-order chi connectivity index (χ1) is 8.91. The molecule has 0 aliphatic rings. The Morgan fingerprint density at radius 3 is 2.21 bits per heavy atom. The molecule has 0 radical (unpaired) electrons. The lowest BCUT2D eigenvalue weighted by Crippen LogP contribution is -1.96. The molecule has 0 spiro atoms. The topological polar surface area (TPSA) is 17.1 Å². The number of Topliss-reactive ketones (excluding diaryl/α,β-unsaturated/α-hetero) is 1. The molecule has 1 atom stereocenters. The summed E-state index contributed by atoms with van der Waals surface area (Å²) in [4.78, 5) is 10.9. The van der Waals surface area contributed by atoms with E-state index < -0.39 is 0 Å². The fourth-order valence-corrected chi connectivity index (χ4v) is 2.35. The normalized spacial score (nSPS) is 13.9. The number of hydrogen-bond acceptors (Lipinski definition) is 1. The van der Waals surface area contributed by atoms with Gasteiger partial charge < -0.3 is 4.79 Å². The molecular weight excluding hydrogens is 232 g/mol. The molecule has 1 heteroatoms. The summed E-state index contributed by atoms with van der Waals surface area (Å²) in [5.41, 5.74) is 1.45. The summed E-state index contributed by atoms with van der Waals surface area (Å²) in [6.45, 7) is 10.9. The molecule has 0 aromatic heterocycles. The van der Waals surface area contributed by atoms with Crippen LogP contribution in [0.3, 0.4) is 0 Å². The van der Waals surface area contributed by atoms with Gasteiger partial charge in [-0.15, -0.1) is 0 Å². The van der Waals surface area contributed by atoms with E-state index in [0.29, 0.717) is 5.78 Å². The zero-order valence-corrected chi connectivity index (χ0v) is 13.8. The second-order valence-electron chi connectivity index (χ2n) is 6.61. The highest BCUT2D eigenvalue weighted by molar-refractivity contribution is 5.75. The Morgan fingerprint density at radius 1 is 0.947 bits per heavy atom. The van der Waals surface area contributed by atoms with Gasteiger partial charge in [-0.25, -0.2) is 0 Å². The lowest BCUT2D eigenvalue weighted by molar-refractivity contribution is -0.117. The van der Waals surface area contributed by atoms with E-state index in [1.54, 1.807) is 6.92 Å². The number of hydrogen-bond donors (Lipinski definition) is 0. The van der Waals surface area contributed by atoms with Crippen LogP contribution in [0.1, 0.15) is 86.0 Å². The van der Waals surface area contributed by atoms with Gasteiger partial charge in [-0.1, -0.05) is 51.7 Å². The van der Waals surface area contributed by atoms with Crippen molar-refractivity contribution in [3.05, 3.63) is 11.6 Å². The van der Waals surface area contributed by atoms with E-state index in [0.717, 1.165) is 31.1 Å². The molecular formula is C18H34O. The zero-order chi connectivity index (χ0) is 14.7. The highest BCUT2D eigenvalue weighted by atomic mass is 16.1. The average molecular weight is 266 g/mol. The third-order valence-electron chi connectivity index (χ3n) is 3.73. The summed E-state index contributed by atoms with van der Waals surface area (Å²) in [7, 11) is 0. The second-order valence-corrected chi connectivity index (χ2v) is 6.61. The van der Waals surface area contributed by atoms with Crippen LogP contribution >= 0.6 is 0 Å². The quantitative estimate of drug-likeness (QED) is 0.423. The van der Waals surface area contributed by atoms with Crippen molar-refractivity contribution in [1.29, 1.82) is 0 Å². The van der Waals surface area contributed by atoms with Gasteiger partial charge in [-0.05, 0) is 51.4 Å². The Labute approximate surface area is 120 Å². The van der Waals surface area contributed by atoms with Crippen molar-refractivity contribution in [3.63, 3.8) is 0 Å². The monoisotopic (exact) mass is 266 g/mol. The minimum atomic E-state index is 0.312. The van der Waals surface area contributed by atoms with Crippen LogP contribution in [0, 0.1) is 11.8 Å². The van der Waals surface area contributed by atoms with Gasteiger partial charge in [-0.3, -0.25) is 0 Å². The number of ketones is 1. The van der Waals surface area contributed by atoms with Crippen LogP contribution in [0.5, 0.6) is 0 Å². The standard InChI is InChI=1S/C18H34O/c1-15(2)9-6-10-16(3)11-7-12-17(4)13-8-14-18(5)19/h12,15-16H,6-11,13-14H2,1-5H3/b17-12+. The van der Waals surface area contributed by atoms with Gasteiger partial charge in [0.15, 0.2) is 0 Å². The van der Waals surface area contributed by atoms with Gasteiger partial charge in [0.25, 0.3) is 0 Å². The summed E-state index contributed by atoms with van der Waals surface area (Å²) < 4.78 is 0. The summed E-state index contributed by atoms with van der Waals surface area (Å²) in [5, 5.41) is 0. The maximum absolute atomic E-state index is 10.9. The fraction of sp³-hybridized carbons (Fsp3) is 0.833. The number of carbonyl (C=O) groups excluding carboxylic acids is 1. The Hall–Kier alpha value is -0.590. The predicted molar refractivity (Wildman–Crippen MR) is 85.4 cm³/mol. The van der Waals surface area contributed by atoms with E-state index in [9.17, 15) is 4.79 Å². The molecule has 0 N–H and O–H groups in total. The molecule has 0 saturated heterocycles. The largest absolute Gasteiger partial charge is 0.300 e. The van der Waals surface area contributed by atoms with E-state index in [4.69, 9.17) is 0 Å². The van der Waals surface area contributed by atoms with Crippen molar-refractivity contribution in [3.8, 4) is 0 Å². The smallest absolute Gasteiger partial charge is 0.129 e. The Balaban J connectivity index is 3.60. The van der Waals surface area contributed by atoms with Crippen LogP contribution in [0.15, 0.2) is 11.6 Å². The average Bonchev–Trinajstić information content (AvgIpc) is 2.27. The summed E-state index contributed by atoms with van der Waals surface area (Å²) >= 11 is 0. The SMILES string of the molecule is CC(=O)CCC/C(C)=C/CCC(C)CCCC(C)C. The van der Waals surface area contributed by atoms with Gasteiger partial charge in [0.05, 0.1) is 0 Å². The van der Waals surface area contributed by atoms with Crippen LogP contribution in [-0.2, 0) is 4.79 Å². The first-order valence-corrected chi connectivity index (χ1v) is 8.06. The highest BCUT2D eigenvalue weighted by Crippen LogP contribution is 2.18. The fourth-order valence-electron chi connectivity index (χ4n) is 2.35. The lowest BCUT2D eigenvalue weighted by atomic mass is 9.95. The Kier molecular flexibility index (Phi) is 10.9. The van der Waals surface area contributed by atoms with Crippen LogP contribution in [0.2, 0.25) is 0 Å². The van der Waals surface area contributed by atoms with Gasteiger partial charge in [-0.2, -0.15) is 0 Å². The second kappa shape index (κ2) is 11.3. The van der Waals surface area contributed by atoms with E-state index in [2.05, 4.69) is 33.8 Å². The van der Waals surface area contributed by atoms with E-state index in [1.165, 1.54) is 37.7 Å². The van der Waals surface area contributed by atoms with Crippen molar-refractivity contribution in [2.24, 2.45) is 11.8 Å². The first-order valence-electron chi connectivity index (χ1n) is 8.06. The molecule has 112 valence electrons. The summed E-state index contributed by atoms with van der Waals surface area (Å²) in [6, 6.07) is 0. The van der Waals surface area contributed by atoms with Crippen molar-refractivity contribution in [1.82, 2.24) is 0 Å². The van der Waals surface area contributed by atoms with Crippen LogP contribution in [-0.4, -0.2) is 5.78 Å². The van der Waals surface area contributed by atoms with Gasteiger partial charge in [0.1, 0.15) is 5.78 Å². The van der Waals surface area contributed by atoms with Crippen molar-refractivity contribution >= 4 is 5.78 Å². The maximum atomic E-state index is 10.9. The molecule has 0 heterocycles. The molecule has 0 aromatic rings. The molecule has 0 aliphatic carbocycles. The summed E-state index contributed by atoms with van der Waals surface area (Å²) in [5.74, 6) is 2.00. The minimum absolute atomic E-state index is 0.312. The molecule has 0 aliphatic heterocycles. The highest BCUT2D eigenvalue weighted by Gasteiger charge is 2.02. The number of allylic oxidation sites excluding steroid dienone is 2. The molecule has 0 amide bonds. The van der Waals surface area contributed by atoms with Gasteiger partial charge in [0, 0.05) is 6.42 Å². The molecule has 0 rings (SSSR count). The minimum Gasteiger partial charge on any atom is -0.300 e. The molecule has 1 nitrogen and oxygen atoms in total. The third-order valence-corrected chi connectivity index (χ3v) is 3.73. The molecule has 0 fully saturated rings. The van der Waals surface area contributed by atoms with Gasteiger partial charge >= 0.3 is 0 Å². The van der Waals surface area contributed by atoms with Crippen LogP contribution in [0.25, 0.3) is 0 Å². The maximum Gasteiger partial charge on any atom is 0.129 e. The van der Waals surface area contributed by atoms with Crippen molar-refractivity contribution < 1.29 is 4.79 Å². The molecule has 0 aromatic carbocycles. The van der Waals surface area contributed by atoms with Crippen molar-refractivity contribution in [2.75, 3.05) is 0 Å². The van der Waals surface area contributed by atoms with E-state index >= 15 is 0 Å². The van der Waals surface area contributed by atoms with Crippen LogP contribution in [0.4, 0.5) is 0 Å².